The van der Waals surface area contributed by atoms with Gasteiger partial charge in [-0.1, -0.05) is 74.4 Å². The number of unbranched alkanes of at least 4 members (excludes halogenated alkanes) is 2. The molecule has 0 atom stereocenters. The Balaban J connectivity index is 1.69. The van der Waals surface area contributed by atoms with Crippen molar-refractivity contribution in [1.29, 1.82) is 0 Å². The Morgan fingerprint density at radius 3 is 2.34 bits per heavy atom. The van der Waals surface area contributed by atoms with Crippen molar-refractivity contribution in [3.05, 3.63) is 102 Å². The summed E-state index contributed by atoms with van der Waals surface area (Å²) in [6.45, 7) is 2.80. The highest BCUT2D eigenvalue weighted by Crippen LogP contribution is 2.39. The molecule has 35 heavy (non-hydrogen) atoms. The number of carbonyl (C=O) groups excluding carboxylic acids is 1. The molecule has 0 radical (unpaired) electrons. The largest absolute Gasteiger partial charge is 0.507 e. The number of rotatable bonds is 8. The number of amides is 1. The molecule has 0 unspecified atom stereocenters. The van der Waals surface area contributed by atoms with Crippen LogP contribution in [0.4, 0.5) is 0 Å². The van der Waals surface area contributed by atoms with Gasteiger partial charge in [0.15, 0.2) is 0 Å². The molecule has 1 aromatic heterocycles. The van der Waals surface area contributed by atoms with E-state index in [2.05, 4.69) is 54.0 Å². The normalized spacial score (nSPS) is 11.3. The zero-order valence-electron chi connectivity index (χ0n) is 20.0. The van der Waals surface area contributed by atoms with Crippen LogP contribution in [0.25, 0.3) is 32.9 Å². The lowest BCUT2D eigenvalue weighted by Crippen LogP contribution is -2.11. The van der Waals surface area contributed by atoms with Crippen LogP contribution in [0.15, 0.2) is 84.9 Å². The molecule has 4 nitrogen and oxygen atoms in total. The second-order valence-electron chi connectivity index (χ2n) is 9.18. The van der Waals surface area contributed by atoms with Gasteiger partial charge in [0.25, 0.3) is 0 Å². The third-order valence-corrected chi connectivity index (χ3v) is 6.74. The maximum Gasteiger partial charge on any atom is 0.249 e. The van der Waals surface area contributed by atoms with Crippen molar-refractivity contribution in [2.24, 2.45) is 5.73 Å². The summed E-state index contributed by atoms with van der Waals surface area (Å²) < 4.78 is 2.20. The molecule has 0 aliphatic carbocycles. The summed E-state index contributed by atoms with van der Waals surface area (Å²) in [6, 6.07) is 28.4. The van der Waals surface area contributed by atoms with Crippen molar-refractivity contribution < 1.29 is 9.90 Å². The molecule has 4 aromatic carbocycles. The molecule has 0 bridgehead atoms. The van der Waals surface area contributed by atoms with Crippen LogP contribution in [0.5, 0.6) is 5.75 Å². The number of hydrogen-bond donors (Lipinski definition) is 2. The van der Waals surface area contributed by atoms with Gasteiger partial charge in [0.2, 0.25) is 5.91 Å². The lowest BCUT2D eigenvalue weighted by molar-refractivity contribution is 0.100. The van der Waals surface area contributed by atoms with Crippen LogP contribution in [-0.2, 0) is 13.0 Å². The van der Waals surface area contributed by atoms with E-state index in [1.165, 1.54) is 5.56 Å². The summed E-state index contributed by atoms with van der Waals surface area (Å²) in [5.41, 5.74) is 12.6. The Labute approximate surface area is 205 Å². The minimum Gasteiger partial charge on any atom is -0.507 e. The topological polar surface area (TPSA) is 68.2 Å². The van der Waals surface area contributed by atoms with E-state index in [1.807, 2.05) is 36.4 Å². The molecule has 0 aliphatic heterocycles. The van der Waals surface area contributed by atoms with Crippen LogP contribution < -0.4 is 5.73 Å². The molecule has 1 amide bonds. The monoisotopic (exact) mass is 462 g/mol. The highest BCUT2D eigenvalue weighted by Gasteiger charge is 2.20. The lowest BCUT2D eigenvalue weighted by atomic mass is 10.0. The first-order valence-corrected chi connectivity index (χ1v) is 12.3. The minimum absolute atomic E-state index is 0.199. The number of carbonyl (C=O) groups is 1. The molecule has 176 valence electrons. The molecule has 0 saturated heterocycles. The number of phenols is 1. The van der Waals surface area contributed by atoms with Gasteiger partial charge in [0.1, 0.15) is 5.75 Å². The predicted molar refractivity (Wildman–Crippen MR) is 144 cm³/mol. The van der Waals surface area contributed by atoms with Gasteiger partial charge in [-0.25, -0.2) is 0 Å². The first-order chi connectivity index (χ1) is 17.1. The van der Waals surface area contributed by atoms with E-state index in [9.17, 15) is 9.90 Å². The third kappa shape index (κ3) is 4.40. The highest BCUT2D eigenvalue weighted by atomic mass is 16.3. The van der Waals surface area contributed by atoms with E-state index >= 15 is 0 Å². The van der Waals surface area contributed by atoms with Crippen molar-refractivity contribution in [1.82, 2.24) is 4.57 Å². The number of fused-ring (bicyclic) bond motifs is 3. The van der Waals surface area contributed by atoms with Gasteiger partial charge < -0.3 is 15.4 Å². The van der Waals surface area contributed by atoms with Crippen LogP contribution in [0.2, 0.25) is 0 Å². The Kier molecular flexibility index (Phi) is 6.28. The van der Waals surface area contributed by atoms with Crippen molar-refractivity contribution in [2.45, 2.75) is 39.2 Å². The van der Waals surface area contributed by atoms with Gasteiger partial charge in [-0.3, -0.25) is 4.79 Å². The van der Waals surface area contributed by atoms with Crippen LogP contribution in [0, 0.1) is 0 Å². The second-order valence-corrected chi connectivity index (χ2v) is 9.18. The summed E-state index contributed by atoms with van der Waals surface area (Å²) in [5.74, 6) is -0.295. The maximum absolute atomic E-state index is 12.3. The van der Waals surface area contributed by atoms with E-state index in [1.54, 1.807) is 6.07 Å². The number of phenolic OH excluding ortho intramolecular Hbond substituents is 1. The van der Waals surface area contributed by atoms with Gasteiger partial charge in [0, 0.05) is 17.5 Å². The summed E-state index contributed by atoms with van der Waals surface area (Å²) >= 11 is 0. The Morgan fingerprint density at radius 2 is 1.57 bits per heavy atom. The smallest absolute Gasteiger partial charge is 0.249 e. The van der Waals surface area contributed by atoms with Crippen molar-refractivity contribution in [2.75, 3.05) is 0 Å². The molecule has 0 spiro atoms. The number of benzene rings is 4. The SMILES string of the molecule is CCCCCc1cc(O)c2c3c(C(N)=O)cccc3n(Cc3cccc(-c4ccccc4)c3)c2c1. The fourth-order valence-electron chi connectivity index (χ4n) is 5.06. The van der Waals surface area contributed by atoms with Crippen molar-refractivity contribution >= 4 is 27.7 Å². The van der Waals surface area contributed by atoms with E-state index < -0.39 is 5.91 Å². The van der Waals surface area contributed by atoms with Gasteiger partial charge in [-0.05, 0) is 65.4 Å². The molecule has 0 aliphatic rings. The number of nitrogens with two attached hydrogens (primary N) is 1. The standard InChI is InChI=1S/C31H30N2O2/c1-2-3-5-10-21-18-27-30(28(34)19-21)29-25(31(32)35)15-9-16-26(29)33(27)20-22-11-8-14-24(17-22)23-12-6-4-7-13-23/h4,6-9,11-19,34H,2-3,5,10,20H2,1H3,(H2,32,35). The maximum atomic E-state index is 12.3. The number of nitrogens with zero attached hydrogens (tertiary/aromatic N) is 1. The van der Waals surface area contributed by atoms with Crippen molar-refractivity contribution in [3.63, 3.8) is 0 Å². The summed E-state index contributed by atoms with van der Waals surface area (Å²) in [7, 11) is 0. The number of aromatic nitrogens is 1. The molecule has 5 rings (SSSR count). The first kappa shape index (κ1) is 22.7. The van der Waals surface area contributed by atoms with Gasteiger partial charge in [0.05, 0.1) is 16.4 Å². The van der Waals surface area contributed by atoms with Crippen molar-refractivity contribution in [3.8, 4) is 16.9 Å². The Bertz CT molecular complexity index is 1520. The Hall–Kier alpha value is -4.05. The zero-order chi connectivity index (χ0) is 24.4. The van der Waals surface area contributed by atoms with E-state index in [0.717, 1.165) is 53.4 Å². The summed E-state index contributed by atoms with van der Waals surface area (Å²) in [4.78, 5) is 12.3. The lowest BCUT2D eigenvalue weighted by Gasteiger charge is -2.11. The fourth-order valence-corrected chi connectivity index (χ4v) is 5.06. The molecular formula is C31H30N2O2. The Morgan fingerprint density at radius 1 is 0.800 bits per heavy atom. The molecule has 4 heteroatoms. The average molecular weight is 463 g/mol. The first-order valence-electron chi connectivity index (χ1n) is 12.3. The van der Waals surface area contributed by atoms with Gasteiger partial charge >= 0.3 is 0 Å². The van der Waals surface area contributed by atoms with E-state index in [-0.39, 0.29) is 5.75 Å². The van der Waals surface area contributed by atoms with Crippen LogP contribution in [0.1, 0.15) is 47.7 Å². The molecule has 0 fully saturated rings. The summed E-state index contributed by atoms with van der Waals surface area (Å²) in [5, 5.41) is 12.5. The second kappa shape index (κ2) is 9.67. The quantitative estimate of drug-likeness (QED) is 0.243. The number of hydrogen-bond acceptors (Lipinski definition) is 2. The van der Waals surface area contributed by atoms with Crippen LogP contribution in [-0.4, -0.2) is 15.6 Å². The van der Waals surface area contributed by atoms with Gasteiger partial charge in [-0.15, -0.1) is 0 Å². The number of aromatic hydroxyl groups is 1. The zero-order valence-corrected chi connectivity index (χ0v) is 20.0. The molecule has 1 heterocycles. The van der Waals surface area contributed by atoms with E-state index in [0.29, 0.717) is 22.9 Å². The molecule has 3 N–H and O–H groups in total. The number of aryl methyl sites for hydroxylation is 1. The summed E-state index contributed by atoms with van der Waals surface area (Å²) in [6.07, 6.45) is 4.28. The minimum atomic E-state index is -0.493. The molecular weight excluding hydrogens is 432 g/mol. The van der Waals surface area contributed by atoms with Crippen LogP contribution in [0.3, 0.4) is 0 Å². The highest BCUT2D eigenvalue weighted by molar-refractivity contribution is 6.19. The van der Waals surface area contributed by atoms with Gasteiger partial charge in [-0.2, -0.15) is 0 Å². The van der Waals surface area contributed by atoms with Crippen LogP contribution >= 0.6 is 0 Å². The fraction of sp³-hybridized carbons (Fsp3) is 0.194. The number of primary amides is 1. The van der Waals surface area contributed by atoms with E-state index in [4.69, 9.17) is 5.73 Å². The predicted octanol–water partition coefficient (Wildman–Crippen LogP) is 7.05. The molecule has 0 saturated carbocycles. The molecule has 5 aromatic rings. The third-order valence-electron chi connectivity index (χ3n) is 6.74. The average Bonchev–Trinajstić information content (AvgIpc) is 3.18.